The Labute approximate surface area is 239 Å². The molecule has 13 heteroatoms. The zero-order chi connectivity index (χ0) is 30.4. The normalized spacial score (nSPS) is 17.5. The van der Waals surface area contributed by atoms with Crippen molar-refractivity contribution in [3.63, 3.8) is 0 Å². The van der Waals surface area contributed by atoms with Crippen LogP contribution in [0.1, 0.15) is 35.2 Å². The zero-order valence-electron chi connectivity index (χ0n) is 23.5. The molecular weight excluding hydrogens is 553 g/mol. The number of rotatable bonds is 7. The molecule has 0 bridgehead atoms. The molecule has 0 radical (unpaired) electrons. The fourth-order valence-electron chi connectivity index (χ4n) is 5.46. The summed E-state index contributed by atoms with van der Waals surface area (Å²) in [5.74, 6) is -0.751. The number of alkyl halides is 3. The predicted molar refractivity (Wildman–Crippen MR) is 146 cm³/mol. The lowest BCUT2D eigenvalue weighted by atomic mass is 9.88. The van der Waals surface area contributed by atoms with E-state index in [1.54, 1.807) is 25.1 Å². The van der Waals surface area contributed by atoms with Gasteiger partial charge in [0.05, 0.1) is 50.5 Å². The highest BCUT2D eigenvalue weighted by molar-refractivity contribution is 5.93. The maximum Gasteiger partial charge on any atom is 0.416 e. The number of quaternary nitrogens is 1. The minimum atomic E-state index is -4.61. The fraction of sp³-hybridized carbons (Fsp3) is 0.379. The molecule has 3 aromatic rings. The third-order valence-corrected chi connectivity index (χ3v) is 8.11. The van der Waals surface area contributed by atoms with Crippen LogP contribution in [0.5, 0.6) is 0 Å². The van der Waals surface area contributed by atoms with Crippen molar-refractivity contribution in [2.24, 2.45) is 0 Å². The second-order valence-electron chi connectivity index (χ2n) is 10.9. The van der Waals surface area contributed by atoms with Gasteiger partial charge in [-0.3, -0.25) is 4.90 Å². The SMILES string of the molecule is COC(=O)C1=C(C)N(c2cccc(C(F)(F)F)c2)c2n[nH]c(=O)n2[C@@H]1c1ccc(C#N)cc1CC[N+](C)(C)C1COC1. The van der Waals surface area contributed by atoms with E-state index in [2.05, 4.69) is 30.4 Å². The van der Waals surface area contributed by atoms with Crippen LogP contribution in [-0.4, -0.2) is 72.2 Å². The van der Waals surface area contributed by atoms with Crippen molar-refractivity contribution in [1.82, 2.24) is 14.8 Å². The van der Waals surface area contributed by atoms with Crippen molar-refractivity contribution >= 4 is 17.6 Å². The Hall–Kier alpha value is -4.41. The quantitative estimate of drug-likeness (QED) is 0.334. The highest BCUT2D eigenvalue weighted by Gasteiger charge is 2.41. The Bertz CT molecular complexity index is 1660. The topological polar surface area (TPSA) is 113 Å². The summed E-state index contributed by atoms with van der Waals surface area (Å²) >= 11 is 0. The number of hydrogen-bond donors (Lipinski definition) is 1. The van der Waals surface area contributed by atoms with E-state index < -0.39 is 29.4 Å². The van der Waals surface area contributed by atoms with Gasteiger partial charge in [0.15, 0.2) is 0 Å². The van der Waals surface area contributed by atoms with E-state index in [0.29, 0.717) is 47.8 Å². The summed E-state index contributed by atoms with van der Waals surface area (Å²) < 4.78 is 53.2. The number of ether oxygens (including phenoxy) is 2. The Balaban J connectivity index is 1.69. The number of hydrogen-bond acceptors (Lipinski definition) is 7. The van der Waals surface area contributed by atoms with E-state index in [4.69, 9.17) is 9.47 Å². The van der Waals surface area contributed by atoms with Crippen molar-refractivity contribution < 1.29 is 31.9 Å². The van der Waals surface area contributed by atoms with Crippen molar-refractivity contribution in [3.8, 4) is 6.07 Å². The van der Waals surface area contributed by atoms with Gasteiger partial charge >= 0.3 is 17.8 Å². The highest BCUT2D eigenvalue weighted by Crippen LogP contribution is 2.43. The number of anilines is 2. The first-order chi connectivity index (χ1) is 19.9. The van der Waals surface area contributed by atoms with Crippen LogP contribution in [-0.2, 0) is 26.9 Å². The number of carbonyl (C=O) groups is 1. The minimum absolute atomic E-state index is 0.00696. The molecule has 5 rings (SSSR count). The van der Waals surface area contributed by atoms with Crippen LogP contribution in [0.3, 0.4) is 0 Å². The van der Waals surface area contributed by atoms with E-state index >= 15 is 0 Å². The van der Waals surface area contributed by atoms with Crippen molar-refractivity contribution in [2.75, 3.05) is 45.9 Å². The molecule has 0 aliphatic carbocycles. The lowest BCUT2D eigenvalue weighted by Gasteiger charge is -2.42. The molecule has 1 aromatic heterocycles. The molecule has 0 unspecified atom stereocenters. The summed E-state index contributed by atoms with van der Waals surface area (Å²) in [6.07, 6.45) is -4.10. The van der Waals surface area contributed by atoms with Gasteiger partial charge in [-0.15, -0.1) is 5.10 Å². The van der Waals surface area contributed by atoms with E-state index in [1.165, 1.54) is 28.7 Å². The first-order valence-corrected chi connectivity index (χ1v) is 13.2. The van der Waals surface area contributed by atoms with E-state index in [1.807, 2.05) is 0 Å². The number of esters is 1. The number of methoxy groups -OCH3 is 1. The molecule has 10 nitrogen and oxygen atoms in total. The second kappa shape index (κ2) is 10.8. The fourth-order valence-corrected chi connectivity index (χ4v) is 5.46. The zero-order valence-corrected chi connectivity index (χ0v) is 23.5. The summed E-state index contributed by atoms with van der Waals surface area (Å²) in [5.41, 5.74) is 0.522. The molecular formula is C29H30F3N6O4+. The van der Waals surface area contributed by atoms with Gasteiger partial charge in [0.1, 0.15) is 25.3 Å². The summed E-state index contributed by atoms with van der Waals surface area (Å²) in [4.78, 5) is 28.0. The van der Waals surface area contributed by atoms with Gasteiger partial charge in [-0.2, -0.15) is 18.4 Å². The molecule has 1 fully saturated rings. The predicted octanol–water partition coefficient (Wildman–Crippen LogP) is 3.67. The molecule has 220 valence electrons. The first kappa shape index (κ1) is 29.1. The maximum atomic E-state index is 13.6. The molecule has 2 aromatic carbocycles. The Kier molecular flexibility index (Phi) is 7.46. The third kappa shape index (κ3) is 5.08. The Morgan fingerprint density at radius 2 is 1.98 bits per heavy atom. The second-order valence-corrected chi connectivity index (χ2v) is 10.9. The van der Waals surface area contributed by atoms with Crippen LogP contribution in [0.2, 0.25) is 0 Å². The molecule has 1 atom stereocenters. The van der Waals surface area contributed by atoms with Gasteiger partial charge in [0, 0.05) is 17.8 Å². The van der Waals surface area contributed by atoms with Crippen molar-refractivity contribution in [1.29, 1.82) is 5.26 Å². The molecule has 1 saturated heterocycles. The van der Waals surface area contributed by atoms with Crippen LogP contribution in [0.25, 0.3) is 0 Å². The van der Waals surface area contributed by atoms with E-state index in [9.17, 15) is 28.0 Å². The van der Waals surface area contributed by atoms with Gasteiger partial charge in [0.2, 0.25) is 5.95 Å². The van der Waals surface area contributed by atoms with Gasteiger partial charge < -0.3 is 14.0 Å². The van der Waals surface area contributed by atoms with Gasteiger partial charge in [0.25, 0.3) is 0 Å². The number of allylic oxidation sites excluding steroid dienone is 1. The van der Waals surface area contributed by atoms with Crippen LogP contribution < -0.4 is 10.6 Å². The lowest BCUT2D eigenvalue weighted by Crippen LogP contribution is -2.59. The standard InChI is InChI=1S/C29H29F3N6O4/c1-17-24(26(39)41-4)25(23-9-8-18(14-33)12-19(23)10-11-38(2,3)22-15-42-16-22)37-27(34-35-28(37)40)36(17)21-7-5-6-20(13-21)29(30,31)32/h5-9,12-13,22,25H,10-11,15-16H2,1-4H3/p+1/t25-/m1/s1. The maximum absolute atomic E-state index is 13.6. The third-order valence-electron chi connectivity index (χ3n) is 8.11. The largest absolute Gasteiger partial charge is 0.466 e. The number of nitrogens with one attached hydrogen (secondary N) is 1. The molecule has 3 heterocycles. The molecule has 2 aliphatic rings. The number of benzene rings is 2. The number of carbonyl (C=O) groups excluding carboxylic acids is 1. The average molecular weight is 584 g/mol. The molecule has 42 heavy (non-hydrogen) atoms. The first-order valence-electron chi connectivity index (χ1n) is 13.2. The Morgan fingerprint density at radius 3 is 2.60 bits per heavy atom. The van der Waals surface area contributed by atoms with Crippen molar-refractivity contribution in [2.45, 2.75) is 31.6 Å². The smallest absolute Gasteiger partial charge is 0.416 e. The number of aromatic amines is 1. The molecule has 0 saturated carbocycles. The number of nitrogens with zero attached hydrogens (tertiary/aromatic N) is 5. The lowest BCUT2D eigenvalue weighted by molar-refractivity contribution is -0.924. The summed E-state index contributed by atoms with van der Waals surface area (Å²) in [6, 6.07) is 11.0. The number of halogens is 3. The van der Waals surface area contributed by atoms with Gasteiger partial charge in [-0.1, -0.05) is 12.1 Å². The van der Waals surface area contributed by atoms with E-state index in [-0.39, 0.29) is 22.9 Å². The van der Waals surface area contributed by atoms with Crippen LogP contribution in [0.15, 0.2) is 58.5 Å². The van der Waals surface area contributed by atoms with Gasteiger partial charge in [-0.05, 0) is 48.4 Å². The Morgan fingerprint density at radius 1 is 1.24 bits per heavy atom. The highest BCUT2D eigenvalue weighted by atomic mass is 19.4. The van der Waals surface area contributed by atoms with E-state index in [0.717, 1.165) is 17.7 Å². The van der Waals surface area contributed by atoms with Gasteiger partial charge in [-0.25, -0.2) is 19.3 Å². The number of fused-ring (bicyclic) bond motifs is 1. The summed E-state index contributed by atoms with van der Waals surface area (Å²) in [7, 11) is 5.39. The molecule has 0 amide bonds. The molecule has 0 spiro atoms. The van der Waals surface area contributed by atoms with Crippen LogP contribution in [0, 0.1) is 11.3 Å². The van der Waals surface area contributed by atoms with Crippen LogP contribution in [0.4, 0.5) is 24.8 Å². The number of nitriles is 1. The average Bonchev–Trinajstić information content (AvgIpc) is 3.29. The molecule has 1 N–H and O–H groups in total. The van der Waals surface area contributed by atoms with Crippen LogP contribution >= 0.6 is 0 Å². The monoisotopic (exact) mass is 583 g/mol. The summed E-state index contributed by atoms with van der Waals surface area (Å²) in [5, 5.41) is 16.2. The number of likely N-dealkylation sites (N-methyl/N-ethyl adjacent to an activating group) is 1. The number of H-pyrrole nitrogens is 1. The summed E-state index contributed by atoms with van der Waals surface area (Å²) in [6.45, 7) is 3.55. The minimum Gasteiger partial charge on any atom is -0.466 e. The molecule has 2 aliphatic heterocycles. The number of aromatic nitrogens is 3. The van der Waals surface area contributed by atoms with Crippen molar-refractivity contribution in [3.05, 3.63) is 86.5 Å².